The monoisotopic (exact) mass is 213 g/mol. The molecule has 84 valence electrons. The maximum absolute atomic E-state index is 11.1. The van der Waals surface area contributed by atoms with Crippen molar-refractivity contribution in [2.45, 2.75) is 18.1 Å². The first kappa shape index (κ1) is 10.6. The molecule has 0 saturated carbocycles. The van der Waals surface area contributed by atoms with Crippen molar-refractivity contribution in [3.63, 3.8) is 0 Å². The van der Waals surface area contributed by atoms with Crippen LogP contribution in [-0.2, 0) is 14.3 Å². The third kappa shape index (κ3) is 1.90. The Morgan fingerprint density at radius 3 is 2.13 bits per heavy atom. The Morgan fingerprint density at radius 1 is 1.33 bits per heavy atom. The average Bonchev–Trinajstić information content (AvgIpc) is 2.17. The summed E-state index contributed by atoms with van der Waals surface area (Å²) in [6.45, 7) is 5.72. The summed E-state index contributed by atoms with van der Waals surface area (Å²) in [5.74, 6) is -0.858. The van der Waals surface area contributed by atoms with Crippen LogP contribution in [0.1, 0.15) is 0 Å². The summed E-state index contributed by atoms with van der Waals surface area (Å²) in [5, 5.41) is 9.09. The SMILES string of the molecule is C=CC(C(=O)O)N1C2COCC1COC2. The van der Waals surface area contributed by atoms with Crippen LogP contribution in [0.5, 0.6) is 0 Å². The molecule has 15 heavy (non-hydrogen) atoms. The molecule has 2 aliphatic rings. The predicted molar refractivity (Wildman–Crippen MR) is 52.7 cm³/mol. The number of ether oxygens (including phenoxy) is 2. The number of fused-ring (bicyclic) bond motifs is 2. The Morgan fingerprint density at radius 2 is 1.80 bits per heavy atom. The molecule has 5 nitrogen and oxygen atoms in total. The van der Waals surface area contributed by atoms with Gasteiger partial charge in [0.2, 0.25) is 0 Å². The second-order valence-corrected chi connectivity index (χ2v) is 3.85. The van der Waals surface area contributed by atoms with E-state index in [9.17, 15) is 4.79 Å². The molecule has 2 heterocycles. The predicted octanol–water partition coefficient (Wildman–Crippen LogP) is -0.275. The van der Waals surface area contributed by atoms with Gasteiger partial charge in [0.1, 0.15) is 6.04 Å². The van der Waals surface area contributed by atoms with Gasteiger partial charge in [-0.2, -0.15) is 0 Å². The summed E-state index contributed by atoms with van der Waals surface area (Å²) in [5.41, 5.74) is 0. The lowest BCUT2D eigenvalue weighted by molar-refractivity contribution is -0.166. The standard InChI is InChI=1S/C10H15NO4/c1-2-9(10(12)13)11-7-3-14-5-8(11)6-15-4-7/h2,7-9H,1,3-6H2,(H,12,13). The molecule has 0 aromatic heterocycles. The van der Waals surface area contributed by atoms with Gasteiger partial charge in [-0.15, -0.1) is 6.58 Å². The van der Waals surface area contributed by atoms with E-state index in [4.69, 9.17) is 14.6 Å². The highest BCUT2D eigenvalue weighted by Crippen LogP contribution is 2.22. The van der Waals surface area contributed by atoms with E-state index in [-0.39, 0.29) is 12.1 Å². The van der Waals surface area contributed by atoms with Crippen LogP contribution < -0.4 is 0 Å². The molecule has 1 unspecified atom stereocenters. The van der Waals surface area contributed by atoms with Gasteiger partial charge in [-0.3, -0.25) is 9.69 Å². The lowest BCUT2D eigenvalue weighted by Crippen LogP contribution is -2.63. The summed E-state index contributed by atoms with van der Waals surface area (Å²) in [4.78, 5) is 13.0. The molecular weight excluding hydrogens is 198 g/mol. The molecule has 2 rings (SSSR count). The van der Waals surface area contributed by atoms with E-state index >= 15 is 0 Å². The molecule has 2 bridgehead atoms. The third-order valence-electron chi connectivity index (χ3n) is 2.88. The number of nitrogens with zero attached hydrogens (tertiary/aromatic N) is 1. The van der Waals surface area contributed by atoms with Crippen LogP contribution in [0, 0.1) is 0 Å². The number of carboxylic acids is 1. The Bertz CT molecular complexity index is 246. The molecule has 0 aliphatic carbocycles. The number of aliphatic carboxylic acids is 1. The minimum atomic E-state index is -0.858. The first-order valence-electron chi connectivity index (χ1n) is 5.02. The fraction of sp³-hybridized carbons (Fsp3) is 0.700. The molecular formula is C10H15NO4. The highest BCUT2D eigenvalue weighted by molar-refractivity contribution is 5.75. The minimum Gasteiger partial charge on any atom is -0.480 e. The quantitative estimate of drug-likeness (QED) is 0.654. The van der Waals surface area contributed by atoms with Crippen molar-refractivity contribution in [2.75, 3.05) is 26.4 Å². The lowest BCUT2D eigenvalue weighted by atomic mass is 10.0. The van der Waals surface area contributed by atoms with Gasteiger partial charge < -0.3 is 14.6 Å². The van der Waals surface area contributed by atoms with Gasteiger partial charge in [-0.1, -0.05) is 6.08 Å². The average molecular weight is 213 g/mol. The van der Waals surface area contributed by atoms with Gasteiger partial charge in [-0.05, 0) is 0 Å². The summed E-state index contributed by atoms with van der Waals surface area (Å²) < 4.78 is 10.8. The second-order valence-electron chi connectivity index (χ2n) is 3.85. The zero-order valence-corrected chi connectivity index (χ0v) is 8.46. The fourth-order valence-corrected chi connectivity index (χ4v) is 2.22. The molecule has 0 spiro atoms. The van der Waals surface area contributed by atoms with Crippen LogP contribution >= 0.6 is 0 Å². The van der Waals surface area contributed by atoms with Crippen LogP contribution in [0.25, 0.3) is 0 Å². The fourth-order valence-electron chi connectivity index (χ4n) is 2.22. The first-order valence-corrected chi connectivity index (χ1v) is 5.02. The zero-order valence-electron chi connectivity index (χ0n) is 8.46. The van der Waals surface area contributed by atoms with E-state index in [2.05, 4.69) is 6.58 Å². The molecule has 1 N–H and O–H groups in total. The molecule has 0 aromatic carbocycles. The number of hydrogen-bond donors (Lipinski definition) is 1. The van der Waals surface area contributed by atoms with E-state index in [1.54, 1.807) is 0 Å². The first-order chi connectivity index (χ1) is 7.24. The maximum atomic E-state index is 11.1. The van der Waals surface area contributed by atoms with Crippen LogP contribution in [0.2, 0.25) is 0 Å². The molecule has 0 aromatic rings. The van der Waals surface area contributed by atoms with Crippen molar-refractivity contribution < 1.29 is 19.4 Å². The Labute approximate surface area is 88.3 Å². The lowest BCUT2D eigenvalue weighted by Gasteiger charge is -2.47. The number of carbonyl (C=O) groups is 1. The highest BCUT2D eigenvalue weighted by Gasteiger charge is 2.41. The van der Waals surface area contributed by atoms with Gasteiger partial charge in [0.15, 0.2) is 0 Å². The third-order valence-corrected chi connectivity index (χ3v) is 2.88. The second kappa shape index (κ2) is 4.30. The van der Waals surface area contributed by atoms with Crippen molar-refractivity contribution in [3.05, 3.63) is 12.7 Å². The van der Waals surface area contributed by atoms with Crippen molar-refractivity contribution in [2.24, 2.45) is 0 Å². The molecule has 1 atom stereocenters. The number of morpholine rings is 2. The van der Waals surface area contributed by atoms with Crippen LogP contribution in [0.4, 0.5) is 0 Å². The van der Waals surface area contributed by atoms with E-state index in [1.807, 2.05) is 4.90 Å². The number of rotatable bonds is 3. The van der Waals surface area contributed by atoms with Gasteiger partial charge in [0.05, 0.1) is 38.5 Å². The normalized spacial score (nSPS) is 33.3. The summed E-state index contributed by atoms with van der Waals surface area (Å²) in [6.07, 6.45) is 1.47. The molecule has 2 aliphatic heterocycles. The zero-order chi connectivity index (χ0) is 10.8. The van der Waals surface area contributed by atoms with Gasteiger partial charge in [0.25, 0.3) is 0 Å². The topological polar surface area (TPSA) is 59.0 Å². The Hall–Kier alpha value is -0.910. The highest BCUT2D eigenvalue weighted by atomic mass is 16.5. The van der Waals surface area contributed by atoms with E-state index in [0.29, 0.717) is 26.4 Å². The molecule has 0 amide bonds. The van der Waals surface area contributed by atoms with E-state index < -0.39 is 12.0 Å². The molecule has 5 heteroatoms. The van der Waals surface area contributed by atoms with E-state index in [1.165, 1.54) is 6.08 Å². The number of carboxylic acid groups (broad SMARTS) is 1. The largest absolute Gasteiger partial charge is 0.480 e. The van der Waals surface area contributed by atoms with Crippen LogP contribution in [-0.4, -0.2) is 60.5 Å². The Kier molecular flexibility index (Phi) is 3.04. The van der Waals surface area contributed by atoms with Gasteiger partial charge >= 0.3 is 5.97 Å². The molecule has 0 radical (unpaired) electrons. The maximum Gasteiger partial charge on any atom is 0.324 e. The summed E-state index contributed by atoms with van der Waals surface area (Å²) in [7, 11) is 0. The van der Waals surface area contributed by atoms with Crippen molar-refractivity contribution in [3.8, 4) is 0 Å². The smallest absolute Gasteiger partial charge is 0.324 e. The summed E-state index contributed by atoms with van der Waals surface area (Å²) in [6, 6.07) is -0.555. The number of hydrogen-bond acceptors (Lipinski definition) is 4. The van der Waals surface area contributed by atoms with Crippen molar-refractivity contribution >= 4 is 5.97 Å². The van der Waals surface area contributed by atoms with Gasteiger partial charge in [0, 0.05) is 0 Å². The molecule has 2 saturated heterocycles. The van der Waals surface area contributed by atoms with E-state index in [0.717, 1.165) is 0 Å². The van der Waals surface area contributed by atoms with Crippen molar-refractivity contribution in [1.29, 1.82) is 0 Å². The van der Waals surface area contributed by atoms with Crippen LogP contribution in [0.3, 0.4) is 0 Å². The Balaban J connectivity index is 2.17. The minimum absolute atomic E-state index is 0.0385. The molecule has 2 fully saturated rings. The van der Waals surface area contributed by atoms with Crippen molar-refractivity contribution in [1.82, 2.24) is 4.90 Å². The summed E-state index contributed by atoms with van der Waals surface area (Å²) >= 11 is 0. The van der Waals surface area contributed by atoms with Crippen LogP contribution in [0.15, 0.2) is 12.7 Å². The van der Waals surface area contributed by atoms with Gasteiger partial charge in [-0.25, -0.2) is 0 Å².